The molecule has 1 saturated carbocycles. The molecule has 25 heavy (non-hydrogen) atoms. The predicted octanol–water partition coefficient (Wildman–Crippen LogP) is 3.18. The molecule has 1 aliphatic carbocycles. The van der Waals surface area contributed by atoms with Crippen LogP contribution in [0.25, 0.3) is 0 Å². The van der Waals surface area contributed by atoms with Crippen LogP contribution in [-0.4, -0.2) is 54.1 Å². The highest BCUT2D eigenvalue weighted by atomic mass is 16.6. The molecule has 0 atom stereocenters. The first-order chi connectivity index (χ1) is 11.7. The summed E-state index contributed by atoms with van der Waals surface area (Å²) in [5, 5.41) is 9.49. The lowest BCUT2D eigenvalue weighted by atomic mass is 9.85. The minimum atomic E-state index is -0.778. The standard InChI is InChI=1S/C19H31N3O3/c1-18(2,3)25-17(24)21(4)13-15-7-11-22(12-8-15)16(23)19(14-20)9-5-6-10-19/h15H,5-13H2,1-4H3. The van der Waals surface area contributed by atoms with E-state index in [9.17, 15) is 14.9 Å². The second-order valence-electron chi connectivity index (χ2n) is 8.50. The van der Waals surface area contributed by atoms with Crippen LogP contribution in [0.2, 0.25) is 0 Å². The van der Waals surface area contributed by atoms with Gasteiger partial charge in [-0.2, -0.15) is 5.26 Å². The number of carbonyl (C=O) groups is 2. The molecule has 2 amide bonds. The van der Waals surface area contributed by atoms with Crippen LogP contribution in [0.5, 0.6) is 0 Å². The monoisotopic (exact) mass is 349 g/mol. The van der Waals surface area contributed by atoms with Crippen molar-refractivity contribution < 1.29 is 14.3 Å². The van der Waals surface area contributed by atoms with E-state index in [2.05, 4.69) is 6.07 Å². The molecule has 1 heterocycles. The number of hydrogen-bond donors (Lipinski definition) is 0. The van der Waals surface area contributed by atoms with Crippen LogP contribution in [-0.2, 0) is 9.53 Å². The van der Waals surface area contributed by atoms with E-state index >= 15 is 0 Å². The predicted molar refractivity (Wildman–Crippen MR) is 94.7 cm³/mol. The van der Waals surface area contributed by atoms with Gasteiger partial charge in [-0.25, -0.2) is 4.79 Å². The quantitative estimate of drug-likeness (QED) is 0.784. The molecule has 0 aromatic heterocycles. The molecule has 6 heteroatoms. The smallest absolute Gasteiger partial charge is 0.410 e. The number of hydrogen-bond acceptors (Lipinski definition) is 4. The molecule has 140 valence electrons. The molecule has 1 saturated heterocycles. The van der Waals surface area contributed by atoms with Crippen molar-refractivity contribution in [1.29, 1.82) is 5.26 Å². The van der Waals surface area contributed by atoms with Gasteiger partial charge in [0.15, 0.2) is 0 Å². The first-order valence-corrected chi connectivity index (χ1v) is 9.32. The molecule has 0 N–H and O–H groups in total. The Hall–Kier alpha value is -1.77. The average molecular weight is 349 g/mol. The van der Waals surface area contributed by atoms with Crippen molar-refractivity contribution >= 4 is 12.0 Å². The molecule has 1 aliphatic heterocycles. The van der Waals surface area contributed by atoms with Crippen molar-refractivity contribution in [3.8, 4) is 6.07 Å². The first-order valence-electron chi connectivity index (χ1n) is 9.32. The Balaban J connectivity index is 1.82. The molecule has 0 radical (unpaired) electrons. The minimum Gasteiger partial charge on any atom is -0.444 e. The zero-order valence-corrected chi connectivity index (χ0v) is 16.0. The summed E-state index contributed by atoms with van der Waals surface area (Å²) >= 11 is 0. The van der Waals surface area contributed by atoms with Gasteiger partial charge >= 0.3 is 6.09 Å². The number of nitrogens with zero attached hydrogens (tertiary/aromatic N) is 3. The number of likely N-dealkylation sites (tertiary alicyclic amines) is 1. The van der Waals surface area contributed by atoms with E-state index in [4.69, 9.17) is 4.74 Å². The molecular formula is C19H31N3O3. The molecular weight excluding hydrogens is 318 g/mol. The van der Waals surface area contributed by atoms with Gasteiger partial charge in [0.05, 0.1) is 6.07 Å². The van der Waals surface area contributed by atoms with Crippen molar-refractivity contribution in [2.45, 2.75) is 64.9 Å². The third-order valence-electron chi connectivity index (χ3n) is 5.22. The molecule has 0 bridgehead atoms. The Bertz CT molecular complexity index is 533. The molecule has 2 fully saturated rings. The number of nitriles is 1. The highest BCUT2D eigenvalue weighted by Crippen LogP contribution is 2.39. The first kappa shape index (κ1) is 19.6. The van der Waals surface area contributed by atoms with Crippen molar-refractivity contribution in [3.63, 3.8) is 0 Å². The zero-order chi connectivity index (χ0) is 18.7. The highest BCUT2D eigenvalue weighted by molar-refractivity contribution is 5.85. The van der Waals surface area contributed by atoms with Crippen LogP contribution in [0, 0.1) is 22.7 Å². The average Bonchev–Trinajstić information content (AvgIpc) is 3.03. The maximum absolute atomic E-state index is 12.8. The van der Waals surface area contributed by atoms with Gasteiger partial charge in [0.25, 0.3) is 0 Å². The largest absolute Gasteiger partial charge is 0.444 e. The lowest BCUT2D eigenvalue weighted by Crippen LogP contribution is -2.47. The van der Waals surface area contributed by atoms with Gasteiger partial charge in [-0.1, -0.05) is 12.8 Å². The Kier molecular flexibility index (Phi) is 5.97. The van der Waals surface area contributed by atoms with E-state index in [1.165, 1.54) is 0 Å². The van der Waals surface area contributed by atoms with Crippen molar-refractivity contribution in [1.82, 2.24) is 9.80 Å². The summed E-state index contributed by atoms with van der Waals surface area (Å²) in [6.07, 6.45) is 4.75. The Labute approximate surface area is 151 Å². The second-order valence-corrected chi connectivity index (χ2v) is 8.50. The number of ether oxygens (including phenoxy) is 1. The van der Waals surface area contributed by atoms with Crippen LogP contribution in [0.15, 0.2) is 0 Å². The van der Waals surface area contributed by atoms with Crippen molar-refractivity contribution in [3.05, 3.63) is 0 Å². The fourth-order valence-electron chi connectivity index (χ4n) is 3.78. The highest BCUT2D eigenvalue weighted by Gasteiger charge is 2.44. The second kappa shape index (κ2) is 7.63. The third-order valence-corrected chi connectivity index (χ3v) is 5.22. The maximum atomic E-state index is 12.8. The van der Waals surface area contributed by atoms with E-state index in [-0.39, 0.29) is 12.0 Å². The number of carbonyl (C=O) groups excluding carboxylic acids is 2. The van der Waals surface area contributed by atoms with Crippen LogP contribution < -0.4 is 0 Å². The van der Waals surface area contributed by atoms with Crippen LogP contribution in [0.4, 0.5) is 4.79 Å². The van der Waals surface area contributed by atoms with Crippen molar-refractivity contribution in [2.24, 2.45) is 11.3 Å². The minimum absolute atomic E-state index is 0.0199. The lowest BCUT2D eigenvalue weighted by molar-refractivity contribution is -0.140. The maximum Gasteiger partial charge on any atom is 0.410 e. The van der Waals surface area contributed by atoms with Gasteiger partial charge in [0.1, 0.15) is 11.0 Å². The summed E-state index contributed by atoms with van der Waals surface area (Å²) in [7, 11) is 1.76. The Morgan fingerprint density at radius 1 is 1.24 bits per heavy atom. The summed E-state index contributed by atoms with van der Waals surface area (Å²) in [6, 6.07) is 2.29. The molecule has 2 rings (SSSR count). The normalized spacial score (nSPS) is 20.8. The molecule has 0 unspecified atom stereocenters. The van der Waals surface area contributed by atoms with Crippen LogP contribution in [0.1, 0.15) is 59.3 Å². The van der Waals surface area contributed by atoms with Crippen LogP contribution >= 0.6 is 0 Å². The molecule has 6 nitrogen and oxygen atoms in total. The van der Waals surface area contributed by atoms with Gasteiger partial charge in [-0.05, 0) is 52.4 Å². The Morgan fingerprint density at radius 3 is 2.28 bits per heavy atom. The molecule has 0 spiro atoms. The number of piperidine rings is 1. The number of rotatable bonds is 3. The van der Waals surface area contributed by atoms with Crippen LogP contribution in [0.3, 0.4) is 0 Å². The summed E-state index contributed by atoms with van der Waals surface area (Å²) in [6.45, 7) is 7.56. The molecule has 0 aromatic carbocycles. The van der Waals surface area contributed by atoms with E-state index < -0.39 is 11.0 Å². The summed E-state index contributed by atoms with van der Waals surface area (Å²) in [5.74, 6) is 0.384. The summed E-state index contributed by atoms with van der Waals surface area (Å²) < 4.78 is 5.38. The summed E-state index contributed by atoms with van der Waals surface area (Å²) in [4.78, 5) is 28.3. The topological polar surface area (TPSA) is 73.6 Å². The fraction of sp³-hybridized carbons (Fsp3) is 0.842. The SMILES string of the molecule is CN(CC1CCN(C(=O)C2(C#N)CCCC2)CC1)C(=O)OC(C)(C)C. The zero-order valence-electron chi connectivity index (χ0n) is 16.0. The van der Waals surface area contributed by atoms with E-state index in [0.717, 1.165) is 25.7 Å². The van der Waals surface area contributed by atoms with Gasteiger partial charge in [0.2, 0.25) is 5.91 Å². The lowest BCUT2D eigenvalue weighted by Gasteiger charge is -2.37. The van der Waals surface area contributed by atoms with Gasteiger partial charge < -0.3 is 14.5 Å². The Morgan fingerprint density at radius 2 is 1.80 bits per heavy atom. The molecule has 2 aliphatic rings. The number of amides is 2. The van der Waals surface area contributed by atoms with Crippen molar-refractivity contribution in [2.75, 3.05) is 26.7 Å². The van der Waals surface area contributed by atoms with Gasteiger partial charge in [-0.15, -0.1) is 0 Å². The van der Waals surface area contributed by atoms with Gasteiger partial charge in [0, 0.05) is 26.7 Å². The molecule has 0 aromatic rings. The van der Waals surface area contributed by atoms with E-state index in [1.54, 1.807) is 11.9 Å². The third kappa shape index (κ3) is 4.87. The fourth-order valence-corrected chi connectivity index (χ4v) is 3.78. The van der Waals surface area contributed by atoms with E-state index in [0.29, 0.717) is 38.4 Å². The summed E-state index contributed by atoms with van der Waals surface area (Å²) in [5.41, 5.74) is -1.27. The van der Waals surface area contributed by atoms with Gasteiger partial charge in [-0.3, -0.25) is 4.79 Å². The van der Waals surface area contributed by atoms with E-state index in [1.807, 2.05) is 25.7 Å².